The molecule has 0 radical (unpaired) electrons. The number of thioether (sulfide) groups is 1. The number of aromatic nitrogens is 4. The lowest BCUT2D eigenvalue weighted by molar-refractivity contribution is -0.113. The first-order valence-corrected chi connectivity index (χ1v) is 11.2. The van der Waals surface area contributed by atoms with Gasteiger partial charge in [-0.05, 0) is 25.1 Å². The molecule has 0 saturated carbocycles. The third-order valence-corrected chi connectivity index (χ3v) is 6.46. The number of anilines is 1. The number of hydrogen-bond donors (Lipinski definition) is 1. The maximum atomic E-state index is 12.3. The molecule has 0 bridgehead atoms. The number of benzene rings is 1. The van der Waals surface area contributed by atoms with Gasteiger partial charge in [-0.1, -0.05) is 39.8 Å². The number of carbonyl (C=O) groups excluding carboxylic acids is 1. The van der Waals surface area contributed by atoms with Crippen molar-refractivity contribution in [3.05, 3.63) is 52.2 Å². The lowest BCUT2D eigenvalue weighted by Crippen LogP contribution is -2.14. The van der Waals surface area contributed by atoms with Crippen molar-refractivity contribution in [3.63, 3.8) is 0 Å². The fourth-order valence-electron chi connectivity index (χ4n) is 2.66. The van der Waals surface area contributed by atoms with Gasteiger partial charge < -0.3 is 14.3 Å². The Bertz CT molecular complexity index is 1150. The van der Waals surface area contributed by atoms with Gasteiger partial charge >= 0.3 is 0 Å². The number of thiazole rings is 1. The molecule has 0 saturated heterocycles. The molecule has 0 aliphatic rings. The number of nitrogens with zero attached hydrogens (tertiary/aromatic N) is 4. The van der Waals surface area contributed by atoms with Crippen molar-refractivity contribution in [2.75, 3.05) is 11.1 Å². The molecule has 3 aromatic heterocycles. The Morgan fingerprint density at radius 1 is 1.28 bits per heavy atom. The Kier molecular flexibility index (Phi) is 5.84. The second-order valence-electron chi connectivity index (χ2n) is 6.14. The minimum atomic E-state index is -0.143. The highest BCUT2D eigenvalue weighted by molar-refractivity contribution is 9.10. The molecule has 1 aromatic carbocycles. The first kappa shape index (κ1) is 19.9. The van der Waals surface area contributed by atoms with E-state index in [1.807, 2.05) is 54.3 Å². The number of aryl methyl sites for hydroxylation is 1. The molecule has 4 aromatic rings. The Morgan fingerprint density at radius 2 is 2.07 bits per heavy atom. The molecular weight excluding hydrogens is 474 g/mol. The summed E-state index contributed by atoms with van der Waals surface area (Å²) in [5.41, 5.74) is 2.72. The second-order valence-corrected chi connectivity index (χ2v) is 8.85. The van der Waals surface area contributed by atoms with E-state index in [-0.39, 0.29) is 11.7 Å². The minimum Gasteiger partial charge on any atom is -0.469 e. The average Bonchev–Trinajstić information content (AvgIpc) is 3.42. The number of furan rings is 1. The Labute approximate surface area is 183 Å². The Balaban J connectivity index is 1.37. The standard InChI is InChI=1S/C19H16BrN5O2S2/c1-11-14(7-8-27-11)17-23-24-19(25(17)2)29-10-16(26)22-18-21-15(9-28-18)12-3-5-13(20)6-4-12/h3-9H,10H2,1-2H3,(H,21,22,26). The van der Waals surface area contributed by atoms with Crippen LogP contribution in [0.25, 0.3) is 22.6 Å². The fourth-order valence-corrected chi connectivity index (χ4v) is 4.37. The largest absolute Gasteiger partial charge is 0.469 e. The van der Waals surface area contributed by atoms with E-state index in [2.05, 4.69) is 36.4 Å². The molecule has 0 fully saturated rings. The van der Waals surface area contributed by atoms with Crippen molar-refractivity contribution in [2.24, 2.45) is 7.05 Å². The van der Waals surface area contributed by atoms with Crippen molar-refractivity contribution >= 4 is 50.1 Å². The smallest absolute Gasteiger partial charge is 0.236 e. The number of hydrogen-bond acceptors (Lipinski definition) is 7. The number of halogens is 1. The normalized spacial score (nSPS) is 11.0. The fraction of sp³-hybridized carbons (Fsp3) is 0.158. The molecule has 4 rings (SSSR count). The van der Waals surface area contributed by atoms with Crippen molar-refractivity contribution in [2.45, 2.75) is 12.1 Å². The number of carbonyl (C=O) groups is 1. The highest BCUT2D eigenvalue weighted by atomic mass is 79.9. The highest BCUT2D eigenvalue weighted by Gasteiger charge is 2.16. The van der Waals surface area contributed by atoms with E-state index in [4.69, 9.17) is 4.42 Å². The lowest BCUT2D eigenvalue weighted by Gasteiger charge is -2.03. The van der Waals surface area contributed by atoms with Gasteiger partial charge in [-0.15, -0.1) is 21.5 Å². The summed E-state index contributed by atoms with van der Waals surface area (Å²) in [7, 11) is 1.87. The van der Waals surface area contributed by atoms with Gasteiger partial charge in [0.05, 0.1) is 23.3 Å². The quantitative estimate of drug-likeness (QED) is 0.383. The molecule has 29 heavy (non-hydrogen) atoms. The molecule has 0 atom stereocenters. The Hall–Kier alpha value is -2.43. The third-order valence-electron chi connectivity index (χ3n) is 4.16. The molecule has 0 aliphatic heterocycles. The molecule has 7 nitrogen and oxygen atoms in total. The van der Waals surface area contributed by atoms with Crippen LogP contribution in [0.5, 0.6) is 0 Å². The molecule has 1 N–H and O–H groups in total. The zero-order valence-corrected chi connectivity index (χ0v) is 18.8. The molecule has 3 heterocycles. The molecule has 0 unspecified atom stereocenters. The zero-order chi connectivity index (χ0) is 20.4. The molecule has 1 amide bonds. The molecule has 0 aliphatic carbocycles. The van der Waals surface area contributed by atoms with E-state index in [0.29, 0.717) is 16.1 Å². The maximum absolute atomic E-state index is 12.3. The van der Waals surface area contributed by atoms with Gasteiger partial charge in [0, 0.05) is 22.5 Å². The van der Waals surface area contributed by atoms with Crippen LogP contribution in [-0.4, -0.2) is 31.4 Å². The van der Waals surface area contributed by atoms with Gasteiger partial charge in [-0.3, -0.25) is 4.79 Å². The summed E-state index contributed by atoms with van der Waals surface area (Å²) in [6.45, 7) is 1.88. The number of rotatable bonds is 6. The van der Waals surface area contributed by atoms with Crippen LogP contribution in [0, 0.1) is 6.92 Å². The number of amides is 1. The summed E-state index contributed by atoms with van der Waals surface area (Å²) >= 11 is 6.14. The molecule has 148 valence electrons. The van der Waals surface area contributed by atoms with E-state index in [9.17, 15) is 4.79 Å². The first-order valence-electron chi connectivity index (χ1n) is 8.59. The van der Waals surface area contributed by atoms with Crippen LogP contribution in [0.2, 0.25) is 0 Å². The predicted molar refractivity (Wildman–Crippen MR) is 118 cm³/mol. The van der Waals surface area contributed by atoms with Gasteiger partial charge in [0.1, 0.15) is 5.76 Å². The summed E-state index contributed by atoms with van der Waals surface area (Å²) in [4.78, 5) is 16.8. The molecule has 10 heteroatoms. The predicted octanol–water partition coefficient (Wildman–Crippen LogP) is 5.00. The first-order chi connectivity index (χ1) is 14.0. The summed E-state index contributed by atoms with van der Waals surface area (Å²) in [5.74, 6) is 1.55. The summed E-state index contributed by atoms with van der Waals surface area (Å²) in [6.07, 6.45) is 1.62. The van der Waals surface area contributed by atoms with E-state index >= 15 is 0 Å². The van der Waals surface area contributed by atoms with Crippen LogP contribution in [0.1, 0.15) is 5.76 Å². The second kappa shape index (κ2) is 8.52. The van der Waals surface area contributed by atoms with E-state index in [1.165, 1.54) is 23.1 Å². The van der Waals surface area contributed by atoms with Crippen LogP contribution in [0.15, 0.2) is 56.0 Å². The van der Waals surface area contributed by atoms with Gasteiger partial charge in [0.2, 0.25) is 5.91 Å². The van der Waals surface area contributed by atoms with Crippen LogP contribution < -0.4 is 5.32 Å². The van der Waals surface area contributed by atoms with Crippen molar-refractivity contribution in [1.82, 2.24) is 19.7 Å². The van der Waals surface area contributed by atoms with Crippen molar-refractivity contribution in [3.8, 4) is 22.6 Å². The van der Waals surface area contributed by atoms with Crippen molar-refractivity contribution in [1.29, 1.82) is 0 Å². The summed E-state index contributed by atoms with van der Waals surface area (Å²) in [5, 5.41) is 14.4. The van der Waals surface area contributed by atoms with Crippen LogP contribution in [0.3, 0.4) is 0 Å². The molecular formula is C19H16BrN5O2S2. The molecule has 0 spiro atoms. The highest BCUT2D eigenvalue weighted by Crippen LogP contribution is 2.28. The third kappa shape index (κ3) is 4.44. The van der Waals surface area contributed by atoms with Crippen LogP contribution >= 0.6 is 39.0 Å². The van der Waals surface area contributed by atoms with E-state index < -0.39 is 0 Å². The Morgan fingerprint density at radius 3 is 2.79 bits per heavy atom. The van der Waals surface area contributed by atoms with Gasteiger partial charge in [0.15, 0.2) is 16.1 Å². The van der Waals surface area contributed by atoms with Gasteiger partial charge in [-0.25, -0.2) is 4.98 Å². The van der Waals surface area contributed by atoms with E-state index in [0.717, 1.165) is 27.1 Å². The monoisotopic (exact) mass is 489 g/mol. The lowest BCUT2D eigenvalue weighted by atomic mass is 10.2. The van der Waals surface area contributed by atoms with Crippen molar-refractivity contribution < 1.29 is 9.21 Å². The summed E-state index contributed by atoms with van der Waals surface area (Å²) < 4.78 is 8.19. The zero-order valence-electron chi connectivity index (χ0n) is 15.5. The summed E-state index contributed by atoms with van der Waals surface area (Å²) in [6, 6.07) is 9.74. The van der Waals surface area contributed by atoms with Crippen LogP contribution in [-0.2, 0) is 11.8 Å². The van der Waals surface area contributed by atoms with Gasteiger partial charge in [-0.2, -0.15) is 0 Å². The van der Waals surface area contributed by atoms with Crippen LogP contribution in [0.4, 0.5) is 5.13 Å². The maximum Gasteiger partial charge on any atom is 0.236 e. The average molecular weight is 490 g/mol. The minimum absolute atomic E-state index is 0.143. The number of nitrogens with one attached hydrogen (secondary N) is 1. The topological polar surface area (TPSA) is 85.8 Å². The van der Waals surface area contributed by atoms with E-state index in [1.54, 1.807) is 6.26 Å². The SMILES string of the molecule is Cc1occc1-c1nnc(SCC(=O)Nc2nc(-c3ccc(Br)cc3)cs2)n1C. The van der Waals surface area contributed by atoms with Gasteiger partial charge in [0.25, 0.3) is 0 Å².